The molecule has 0 spiro atoms. The molecule has 0 saturated carbocycles. The molecule has 5 N–H and O–H groups in total. The fourth-order valence-electron chi connectivity index (χ4n) is 5.84. The van der Waals surface area contributed by atoms with Crippen LogP contribution in [0.5, 0.6) is 0 Å². The number of aromatic nitrogens is 6. The van der Waals surface area contributed by atoms with Gasteiger partial charge in [0.2, 0.25) is 5.95 Å². The van der Waals surface area contributed by atoms with Gasteiger partial charge in [-0.1, -0.05) is 12.1 Å². The molecule has 0 aliphatic carbocycles. The lowest BCUT2D eigenvalue weighted by molar-refractivity contribution is -0.198. The van der Waals surface area contributed by atoms with E-state index in [9.17, 15) is 28.9 Å². The van der Waals surface area contributed by atoms with Crippen LogP contribution in [0.4, 0.5) is 5.95 Å². The Morgan fingerprint density at radius 1 is 1.06 bits per heavy atom. The third-order valence-corrected chi connectivity index (χ3v) is 8.99. The number of H-pyrrole nitrogens is 1. The van der Waals surface area contributed by atoms with Gasteiger partial charge in [0.1, 0.15) is 43.1 Å². The highest BCUT2D eigenvalue weighted by molar-refractivity contribution is 7.47. The van der Waals surface area contributed by atoms with E-state index in [0.29, 0.717) is 10.9 Å². The number of ether oxygens (including phenoxy) is 5. The zero-order chi connectivity index (χ0) is 33.0. The minimum Gasteiger partial charge on any atom is -0.456 e. The number of methoxy groups -OCH3 is 1. The molecule has 3 saturated heterocycles. The van der Waals surface area contributed by atoms with Gasteiger partial charge in [0, 0.05) is 13.5 Å². The molecule has 9 atom stereocenters. The Balaban J connectivity index is 1.20. The molecule has 4 aromatic rings. The van der Waals surface area contributed by atoms with Crippen LogP contribution < -0.4 is 16.9 Å². The molecule has 3 aliphatic heterocycles. The number of nitrogen functional groups attached to an aromatic ring is 1. The van der Waals surface area contributed by atoms with Crippen LogP contribution >= 0.6 is 7.82 Å². The lowest BCUT2D eigenvalue weighted by Crippen LogP contribution is -2.41. The van der Waals surface area contributed by atoms with Gasteiger partial charge in [0.25, 0.3) is 17.4 Å². The lowest BCUT2D eigenvalue weighted by atomic mass is 10.1. The van der Waals surface area contributed by atoms with Crippen LogP contribution in [0.15, 0.2) is 46.5 Å². The van der Waals surface area contributed by atoms with Gasteiger partial charge in [-0.3, -0.25) is 32.8 Å². The number of carbonyl (C=O) groups excluding carboxylic acids is 1. The van der Waals surface area contributed by atoms with Crippen LogP contribution in [-0.2, 0) is 42.1 Å². The standard InChI is InChI=1S/C26H28N7O13P/c1-40-18-15-7-41-24(36)25(37)45-13-6-16(32-9-28-12-5-3-2-4-11(12)22(32)35)43-14(13)8-42-47(38,39)46-19(18)23(44-15)33-10-29-17-20(33)30-26(27)31-21(17)34/h2-5,9-10,13-16,18-19,23-24,36H,6-8H2,1H3,(H,38,39)(H3,27,30,31,34)/t13-,14?,15+,16+,18?,19-,23+,24?/m0/s1. The van der Waals surface area contributed by atoms with Crippen LogP contribution in [0.3, 0.4) is 0 Å². The quantitative estimate of drug-likeness (QED) is 0.151. The molecule has 250 valence electrons. The van der Waals surface area contributed by atoms with Gasteiger partial charge in [-0.05, 0) is 12.1 Å². The van der Waals surface area contributed by atoms with E-state index in [-0.39, 0.29) is 23.5 Å². The second kappa shape index (κ2) is 12.2. The molecule has 3 aliphatic rings. The average molecular weight is 678 g/mol. The van der Waals surface area contributed by atoms with Gasteiger partial charge in [0.05, 0.1) is 30.4 Å². The number of para-hydroxylation sites is 1. The van der Waals surface area contributed by atoms with E-state index in [4.69, 9.17) is 38.5 Å². The van der Waals surface area contributed by atoms with Crippen LogP contribution in [0.25, 0.3) is 22.1 Å². The number of nitrogens with one attached hydrogen (secondary N) is 1. The molecule has 1 aromatic carbocycles. The Morgan fingerprint density at radius 3 is 2.66 bits per heavy atom. The van der Waals surface area contributed by atoms with E-state index in [1.54, 1.807) is 24.3 Å². The summed E-state index contributed by atoms with van der Waals surface area (Å²) in [7, 11) is -3.72. The maximum Gasteiger partial charge on any atom is 0.472 e. The number of aliphatic hydroxyl groups is 1. The molecule has 4 unspecified atom stereocenters. The summed E-state index contributed by atoms with van der Waals surface area (Å²) in [5.41, 5.74) is 4.96. The second-order valence-electron chi connectivity index (χ2n) is 10.9. The molecule has 47 heavy (non-hydrogen) atoms. The number of hydrogen-bond acceptors (Lipinski definition) is 16. The van der Waals surface area contributed by atoms with Crippen LogP contribution in [-0.4, -0.2) is 102 Å². The highest BCUT2D eigenvalue weighted by Crippen LogP contribution is 2.50. The van der Waals surface area contributed by atoms with Gasteiger partial charge in [-0.2, -0.15) is 4.98 Å². The normalized spacial score (nSPS) is 33.5. The van der Waals surface area contributed by atoms with Crippen molar-refractivity contribution in [2.75, 3.05) is 26.1 Å². The summed E-state index contributed by atoms with van der Waals surface area (Å²) >= 11 is 0. The van der Waals surface area contributed by atoms with Crippen LogP contribution in [0.2, 0.25) is 0 Å². The number of fused-ring (bicyclic) bond motifs is 5. The number of nitrogens with two attached hydrogens (primary N) is 1. The predicted molar refractivity (Wildman–Crippen MR) is 154 cm³/mol. The Morgan fingerprint density at radius 2 is 1.85 bits per heavy atom. The first-order valence-corrected chi connectivity index (χ1v) is 15.7. The van der Waals surface area contributed by atoms with E-state index in [1.165, 1.54) is 28.9 Å². The fraction of sp³-hybridized carbons (Fsp3) is 0.462. The van der Waals surface area contributed by atoms with E-state index >= 15 is 0 Å². The molecule has 21 heteroatoms. The van der Waals surface area contributed by atoms with Crippen LogP contribution in [0, 0.1) is 0 Å². The summed E-state index contributed by atoms with van der Waals surface area (Å²) in [6.07, 6.45) is -8.15. The first kappa shape index (κ1) is 31.5. The number of phosphoric acid groups is 1. The Bertz CT molecular complexity index is 2000. The van der Waals surface area contributed by atoms with Crippen molar-refractivity contribution in [1.82, 2.24) is 29.1 Å². The number of anilines is 1. The van der Waals surface area contributed by atoms with Crippen LogP contribution in [0.1, 0.15) is 18.9 Å². The summed E-state index contributed by atoms with van der Waals surface area (Å²) in [4.78, 5) is 64.1. The molecule has 3 fully saturated rings. The Kier molecular flexibility index (Phi) is 8.15. The number of aliphatic hydroxyl groups excluding tert-OH is 1. The van der Waals surface area contributed by atoms with E-state index in [0.717, 1.165) is 0 Å². The third-order valence-electron chi connectivity index (χ3n) is 8.01. The Labute approximate surface area is 262 Å². The van der Waals surface area contributed by atoms with Crippen molar-refractivity contribution in [2.45, 2.75) is 55.7 Å². The van der Waals surface area contributed by atoms with Crippen molar-refractivity contribution >= 4 is 41.8 Å². The zero-order valence-corrected chi connectivity index (χ0v) is 25.2. The van der Waals surface area contributed by atoms with Crippen molar-refractivity contribution < 1.29 is 52.1 Å². The monoisotopic (exact) mass is 677 g/mol. The predicted octanol–water partition coefficient (Wildman–Crippen LogP) is -0.926. The minimum absolute atomic E-state index is 0.0387. The summed E-state index contributed by atoms with van der Waals surface area (Å²) in [6, 6.07) is 6.67. The minimum atomic E-state index is -4.99. The molecule has 0 amide bonds. The highest BCUT2D eigenvalue weighted by atomic mass is 31.2. The van der Waals surface area contributed by atoms with Crippen molar-refractivity contribution in [3.8, 4) is 0 Å². The molecule has 3 aromatic heterocycles. The summed E-state index contributed by atoms with van der Waals surface area (Å²) < 4.78 is 55.1. The smallest absolute Gasteiger partial charge is 0.456 e. The molecular formula is C26H28N7O13P. The van der Waals surface area contributed by atoms with Crippen molar-refractivity contribution in [1.29, 1.82) is 0 Å². The van der Waals surface area contributed by atoms with Crippen molar-refractivity contribution in [3.05, 3.63) is 57.6 Å². The summed E-state index contributed by atoms with van der Waals surface area (Å²) in [5.74, 6) is -1.43. The number of esters is 1. The number of benzene rings is 1. The second-order valence-corrected chi connectivity index (χ2v) is 12.3. The largest absolute Gasteiger partial charge is 0.472 e. The van der Waals surface area contributed by atoms with Crippen molar-refractivity contribution in [3.63, 3.8) is 0 Å². The molecular weight excluding hydrogens is 649 g/mol. The molecule has 2 bridgehead atoms. The fourth-order valence-corrected chi connectivity index (χ4v) is 6.77. The van der Waals surface area contributed by atoms with Gasteiger partial charge < -0.3 is 39.4 Å². The van der Waals surface area contributed by atoms with Gasteiger partial charge >= 0.3 is 13.8 Å². The zero-order valence-electron chi connectivity index (χ0n) is 24.4. The molecule has 0 radical (unpaired) electrons. The summed E-state index contributed by atoms with van der Waals surface area (Å²) in [5, 5.41) is 10.9. The maximum absolute atomic E-state index is 13.4. The lowest BCUT2D eigenvalue weighted by Gasteiger charge is -2.27. The van der Waals surface area contributed by atoms with Gasteiger partial charge in [0.15, 0.2) is 17.4 Å². The number of carbonyl (C=O) groups is 1. The number of imidazole rings is 1. The Hall–Kier alpha value is -4.11. The SMILES string of the molecule is COC1[C@H]2COC(O)C(=O)O[C@H]3C[C@H](n4cnc5ccccc5c4=O)OC3COP(=O)(O)O[C@@H]1[C@H](n1cnc3c(=O)[nH]c(N)nc31)O2. The van der Waals surface area contributed by atoms with Gasteiger partial charge in [-0.25, -0.2) is 19.3 Å². The van der Waals surface area contributed by atoms with E-state index < -0.39 is 87.4 Å². The average Bonchev–Trinajstić information content (AvgIpc) is 3.73. The number of aromatic amines is 1. The van der Waals surface area contributed by atoms with E-state index in [1.807, 2.05) is 0 Å². The highest BCUT2D eigenvalue weighted by Gasteiger charge is 2.52. The molecule has 20 nitrogen and oxygen atoms in total. The third kappa shape index (κ3) is 5.83. The number of hydrogen-bond donors (Lipinski definition) is 4. The molecule has 7 rings (SSSR count). The first-order chi connectivity index (χ1) is 22.5. The maximum atomic E-state index is 13.4. The number of rotatable bonds is 3. The van der Waals surface area contributed by atoms with E-state index in [2.05, 4.69) is 19.9 Å². The van der Waals surface area contributed by atoms with Gasteiger partial charge in [-0.15, -0.1) is 0 Å². The topological polar surface area (TPSA) is 264 Å². The van der Waals surface area contributed by atoms with Crippen molar-refractivity contribution in [2.24, 2.45) is 0 Å². The first-order valence-electron chi connectivity index (χ1n) is 14.2. The summed E-state index contributed by atoms with van der Waals surface area (Å²) in [6.45, 7) is -1.15. The molecule has 6 heterocycles. The number of phosphoric ester groups is 1. The number of nitrogens with zero attached hydrogens (tertiary/aromatic N) is 5.